The minimum atomic E-state index is -3.35. The molecular weight excluding hydrogens is 410 g/mol. The number of carbonyl (C=O) groups excluding carboxylic acids is 1. The lowest BCUT2D eigenvalue weighted by molar-refractivity contribution is -0.119. The van der Waals surface area contributed by atoms with E-state index < -0.39 is 10.0 Å². The van der Waals surface area contributed by atoms with Gasteiger partial charge in [-0.05, 0) is 32.9 Å². The Kier molecular flexibility index (Phi) is 9.60. The van der Waals surface area contributed by atoms with Crippen molar-refractivity contribution < 1.29 is 22.4 Å². The van der Waals surface area contributed by atoms with Crippen LogP contribution < -0.4 is 10.6 Å². The highest BCUT2D eigenvalue weighted by molar-refractivity contribution is 7.89. The summed E-state index contributed by atoms with van der Waals surface area (Å²) in [5, 5.41) is 5.92. The molecule has 0 radical (unpaired) electrons. The number of hydrogen-bond acceptors (Lipinski definition) is 6. The van der Waals surface area contributed by atoms with E-state index in [1.807, 2.05) is 25.7 Å². The minimum Gasteiger partial charge on any atom is -0.467 e. The zero-order valence-corrected chi connectivity index (χ0v) is 18.8. The third-order valence-electron chi connectivity index (χ3n) is 4.47. The molecule has 0 saturated carbocycles. The van der Waals surface area contributed by atoms with E-state index in [4.69, 9.17) is 9.15 Å². The van der Waals surface area contributed by atoms with Gasteiger partial charge in [0.05, 0.1) is 31.3 Å². The molecule has 170 valence electrons. The molecule has 0 atom stereocenters. The molecule has 1 aromatic rings. The molecule has 30 heavy (non-hydrogen) atoms. The van der Waals surface area contributed by atoms with Crippen molar-refractivity contribution in [1.82, 2.24) is 19.8 Å². The second kappa shape index (κ2) is 11.9. The Morgan fingerprint density at radius 1 is 1.27 bits per heavy atom. The number of furan rings is 1. The molecule has 10 nitrogen and oxygen atoms in total. The molecule has 1 saturated heterocycles. The highest BCUT2D eigenvalue weighted by atomic mass is 32.2. The fraction of sp³-hybridized carbons (Fsp3) is 0.684. The number of carbonyl (C=O) groups is 1. The van der Waals surface area contributed by atoms with Crippen LogP contribution in [0.15, 0.2) is 27.8 Å². The van der Waals surface area contributed by atoms with E-state index in [-0.39, 0.29) is 30.9 Å². The zero-order valence-electron chi connectivity index (χ0n) is 18.0. The Labute approximate surface area is 178 Å². The van der Waals surface area contributed by atoms with Crippen LogP contribution in [0.25, 0.3) is 0 Å². The topological polar surface area (TPSA) is 116 Å². The van der Waals surface area contributed by atoms with Crippen LogP contribution in [0.3, 0.4) is 0 Å². The number of nitrogens with zero attached hydrogens (tertiary/aromatic N) is 3. The molecule has 1 aromatic heterocycles. The van der Waals surface area contributed by atoms with Crippen molar-refractivity contribution in [3.8, 4) is 0 Å². The normalized spacial score (nSPS) is 16.1. The Hall–Kier alpha value is -2.11. The van der Waals surface area contributed by atoms with Crippen molar-refractivity contribution in [1.29, 1.82) is 0 Å². The maximum absolute atomic E-state index is 12.5. The molecule has 0 aromatic carbocycles. The number of nitrogens with one attached hydrogen (secondary N) is 2. The molecule has 2 rings (SSSR count). The molecule has 0 aliphatic carbocycles. The molecule has 2 N–H and O–H groups in total. The lowest BCUT2D eigenvalue weighted by atomic mass is 10.4. The first-order chi connectivity index (χ1) is 14.3. The molecular formula is C19H33N5O5S. The van der Waals surface area contributed by atoms with Gasteiger partial charge >= 0.3 is 0 Å². The summed E-state index contributed by atoms with van der Waals surface area (Å²) in [5.74, 6) is 1.05. The summed E-state index contributed by atoms with van der Waals surface area (Å²) in [7, 11) is -3.35. The van der Waals surface area contributed by atoms with E-state index >= 15 is 0 Å². The molecule has 1 fully saturated rings. The number of hydrogen-bond donors (Lipinski definition) is 2. The summed E-state index contributed by atoms with van der Waals surface area (Å²) in [6, 6.07) is 3.55. The lowest BCUT2D eigenvalue weighted by Gasteiger charge is -2.35. The van der Waals surface area contributed by atoms with Crippen molar-refractivity contribution >= 4 is 21.9 Å². The Balaban J connectivity index is 1.83. The van der Waals surface area contributed by atoms with Gasteiger partial charge in [0, 0.05) is 32.7 Å². The first-order valence-electron chi connectivity index (χ1n) is 10.2. The van der Waals surface area contributed by atoms with Crippen LogP contribution in [-0.4, -0.2) is 87.2 Å². The van der Waals surface area contributed by atoms with Gasteiger partial charge in [-0.15, -0.1) is 0 Å². The van der Waals surface area contributed by atoms with Crippen molar-refractivity contribution in [2.45, 2.75) is 33.4 Å². The zero-order chi connectivity index (χ0) is 22.0. The maximum atomic E-state index is 12.5. The lowest BCUT2D eigenvalue weighted by Crippen LogP contribution is -2.54. The summed E-state index contributed by atoms with van der Waals surface area (Å²) in [4.78, 5) is 18.4. The predicted molar refractivity (Wildman–Crippen MR) is 115 cm³/mol. The van der Waals surface area contributed by atoms with E-state index in [9.17, 15) is 13.2 Å². The van der Waals surface area contributed by atoms with Crippen LogP contribution in [0.4, 0.5) is 0 Å². The second-order valence-electron chi connectivity index (χ2n) is 7.15. The minimum absolute atomic E-state index is 0.00668. The van der Waals surface area contributed by atoms with Crippen molar-refractivity contribution in [3.05, 3.63) is 24.2 Å². The number of ether oxygens (including phenoxy) is 1. The van der Waals surface area contributed by atoms with Crippen molar-refractivity contribution in [3.63, 3.8) is 0 Å². The highest BCUT2D eigenvalue weighted by Crippen LogP contribution is 2.09. The summed E-state index contributed by atoms with van der Waals surface area (Å²) in [6.45, 7) is 8.60. The monoisotopic (exact) mass is 443 g/mol. The highest BCUT2D eigenvalue weighted by Gasteiger charge is 2.28. The summed E-state index contributed by atoms with van der Waals surface area (Å²) >= 11 is 0. The van der Waals surface area contributed by atoms with Crippen LogP contribution in [0, 0.1) is 0 Å². The van der Waals surface area contributed by atoms with Gasteiger partial charge in [0.1, 0.15) is 12.3 Å². The first kappa shape index (κ1) is 24.2. The van der Waals surface area contributed by atoms with E-state index in [1.54, 1.807) is 18.4 Å². The van der Waals surface area contributed by atoms with Gasteiger partial charge in [0.25, 0.3) is 0 Å². The van der Waals surface area contributed by atoms with Crippen molar-refractivity contribution in [2.24, 2.45) is 4.99 Å². The van der Waals surface area contributed by atoms with E-state index in [1.165, 1.54) is 4.31 Å². The van der Waals surface area contributed by atoms with Gasteiger partial charge in [-0.1, -0.05) is 0 Å². The van der Waals surface area contributed by atoms with Crippen LogP contribution in [0.5, 0.6) is 0 Å². The van der Waals surface area contributed by atoms with E-state index in [2.05, 4.69) is 15.6 Å². The Morgan fingerprint density at radius 2 is 2.00 bits per heavy atom. The average molecular weight is 444 g/mol. The molecule has 2 heterocycles. The molecule has 1 amide bonds. The standard InChI is InChI=1S/C19H33N5O5S/c1-4-20-19(22-15-18(25)21-14-17-6-5-11-29-17)23-7-9-24(10-8-23)30(26,27)13-12-28-16(2)3/h5-6,11,16H,4,7-10,12-15H2,1-3H3,(H,20,22)(H,21,25). The summed E-state index contributed by atoms with van der Waals surface area (Å²) in [5.41, 5.74) is 0. The van der Waals surface area contributed by atoms with Gasteiger partial charge < -0.3 is 24.7 Å². The third kappa shape index (κ3) is 7.96. The molecule has 1 aliphatic heterocycles. The number of rotatable bonds is 10. The fourth-order valence-corrected chi connectivity index (χ4v) is 4.21. The summed E-state index contributed by atoms with van der Waals surface area (Å²) in [6.07, 6.45) is 1.56. The van der Waals surface area contributed by atoms with Crippen molar-refractivity contribution in [2.75, 3.05) is 51.6 Å². The first-order valence-corrected chi connectivity index (χ1v) is 11.8. The predicted octanol–water partition coefficient (Wildman–Crippen LogP) is 0.234. The fourth-order valence-electron chi connectivity index (χ4n) is 2.92. The van der Waals surface area contributed by atoms with Gasteiger partial charge in [0.2, 0.25) is 15.9 Å². The Morgan fingerprint density at radius 3 is 2.60 bits per heavy atom. The largest absolute Gasteiger partial charge is 0.467 e. The van der Waals surface area contributed by atoms with E-state index in [0.29, 0.717) is 51.0 Å². The molecule has 0 bridgehead atoms. The number of piperazine rings is 1. The number of amides is 1. The summed E-state index contributed by atoms with van der Waals surface area (Å²) < 4.78 is 37.0. The number of sulfonamides is 1. The SMILES string of the molecule is CCNC(=NCC(=O)NCc1ccco1)N1CCN(S(=O)(=O)CCOC(C)C)CC1. The maximum Gasteiger partial charge on any atom is 0.242 e. The van der Waals surface area contributed by atoms with Crippen LogP contribution >= 0.6 is 0 Å². The average Bonchev–Trinajstić information content (AvgIpc) is 3.23. The van der Waals surface area contributed by atoms with Gasteiger partial charge in [-0.25, -0.2) is 13.4 Å². The van der Waals surface area contributed by atoms with Gasteiger partial charge in [-0.2, -0.15) is 4.31 Å². The van der Waals surface area contributed by atoms with Gasteiger partial charge in [0.15, 0.2) is 5.96 Å². The second-order valence-corrected chi connectivity index (χ2v) is 9.24. The van der Waals surface area contributed by atoms with E-state index in [0.717, 1.165) is 0 Å². The van der Waals surface area contributed by atoms with Gasteiger partial charge in [-0.3, -0.25) is 4.79 Å². The third-order valence-corrected chi connectivity index (χ3v) is 6.31. The quantitative estimate of drug-likeness (QED) is 0.393. The Bertz CT molecular complexity index is 771. The van der Waals surface area contributed by atoms with Crippen LogP contribution in [-0.2, 0) is 26.1 Å². The van der Waals surface area contributed by atoms with Crippen LogP contribution in [0.2, 0.25) is 0 Å². The number of guanidine groups is 1. The molecule has 0 unspecified atom stereocenters. The van der Waals surface area contributed by atoms with Crippen LogP contribution in [0.1, 0.15) is 26.5 Å². The molecule has 1 aliphatic rings. The molecule has 11 heteroatoms. The smallest absolute Gasteiger partial charge is 0.242 e. The molecule has 0 spiro atoms. The number of aliphatic imine (C=N–C) groups is 1.